The van der Waals surface area contributed by atoms with Gasteiger partial charge in [-0.25, -0.2) is 4.98 Å². The highest BCUT2D eigenvalue weighted by Gasteiger charge is 2.21. The molecule has 1 saturated heterocycles. The van der Waals surface area contributed by atoms with E-state index in [0.717, 1.165) is 41.2 Å². The molecule has 1 amide bonds. The summed E-state index contributed by atoms with van der Waals surface area (Å²) < 4.78 is 1.52. The van der Waals surface area contributed by atoms with Gasteiger partial charge in [-0.15, -0.1) is 11.3 Å². The van der Waals surface area contributed by atoms with Crippen LogP contribution in [0.25, 0.3) is 10.2 Å². The summed E-state index contributed by atoms with van der Waals surface area (Å²) in [6.45, 7) is 7.44. The molecule has 0 unspecified atom stereocenters. The molecule has 6 heteroatoms. The predicted molar refractivity (Wildman–Crippen MR) is 83.9 cm³/mol. The first-order chi connectivity index (χ1) is 9.99. The Hall–Kier alpha value is -1.69. The number of rotatable bonds is 2. The summed E-state index contributed by atoms with van der Waals surface area (Å²) in [4.78, 5) is 33.2. The van der Waals surface area contributed by atoms with Crippen molar-refractivity contribution < 1.29 is 4.79 Å². The zero-order valence-corrected chi connectivity index (χ0v) is 13.4. The number of thiophene rings is 1. The standard InChI is InChI=1S/C15H19N3O2S/c1-9-10(2)21-14-13(9)15(20)18(11(3)16-14)8-12(19)17-6-4-5-7-17/h4-8H2,1-3H3. The van der Waals surface area contributed by atoms with Crippen molar-refractivity contribution in [2.45, 2.75) is 40.2 Å². The van der Waals surface area contributed by atoms with E-state index in [1.165, 1.54) is 4.57 Å². The van der Waals surface area contributed by atoms with Crippen LogP contribution in [-0.4, -0.2) is 33.4 Å². The number of amides is 1. The zero-order valence-electron chi connectivity index (χ0n) is 12.6. The number of carbonyl (C=O) groups is 1. The van der Waals surface area contributed by atoms with Crippen molar-refractivity contribution in [1.82, 2.24) is 14.5 Å². The van der Waals surface area contributed by atoms with E-state index in [1.54, 1.807) is 18.3 Å². The van der Waals surface area contributed by atoms with Gasteiger partial charge in [0, 0.05) is 18.0 Å². The maximum absolute atomic E-state index is 12.7. The summed E-state index contributed by atoms with van der Waals surface area (Å²) in [5.41, 5.74) is 0.891. The molecule has 0 aliphatic carbocycles. The second-order valence-electron chi connectivity index (χ2n) is 5.60. The lowest BCUT2D eigenvalue weighted by Crippen LogP contribution is -2.35. The molecule has 3 rings (SSSR count). The number of likely N-dealkylation sites (tertiary alicyclic amines) is 1. The Morgan fingerprint density at radius 3 is 2.57 bits per heavy atom. The third-order valence-electron chi connectivity index (χ3n) is 4.23. The van der Waals surface area contributed by atoms with Crippen LogP contribution in [0.4, 0.5) is 0 Å². The number of aromatic nitrogens is 2. The highest BCUT2D eigenvalue weighted by Crippen LogP contribution is 2.26. The molecule has 112 valence electrons. The summed E-state index contributed by atoms with van der Waals surface area (Å²) in [6, 6.07) is 0. The largest absolute Gasteiger partial charge is 0.341 e. The third-order valence-corrected chi connectivity index (χ3v) is 5.33. The van der Waals surface area contributed by atoms with Crippen molar-refractivity contribution in [1.29, 1.82) is 0 Å². The maximum atomic E-state index is 12.7. The fraction of sp³-hybridized carbons (Fsp3) is 0.533. The zero-order chi connectivity index (χ0) is 15.1. The lowest BCUT2D eigenvalue weighted by molar-refractivity contribution is -0.130. The first kappa shape index (κ1) is 14.3. The number of hydrogen-bond donors (Lipinski definition) is 0. The second kappa shape index (κ2) is 5.26. The number of fused-ring (bicyclic) bond motifs is 1. The number of hydrogen-bond acceptors (Lipinski definition) is 4. The Balaban J connectivity index is 2.04. The van der Waals surface area contributed by atoms with Gasteiger partial charge in [-0.05, 0) is 39.2 Å². The van der Waals surface area contributed by atoms with Crippen LogP contribution in [0.5, 0.6) is 0 Å². The Morgan fingerprint density at radius 2 is 1.90 bits per heavy atom. The smallest absolute Gasteiger partial charge is 0.263 e. The molecule has 0 spiro atoms. The SMILES string of the molecule is Cc1sc2nc(C)n(CC(=O)N3CCCC3)c(=O)c2c1C. The van der Waals surface area contributed by atoms with Gasteiger partial charge < -0.3 is 4.90 Å². The highest BCUT2D eigenvalue weighted by atomic mass is 32.1. The molecule has 1 fully saturated rings. The monoisotopic (exact) mass is 305 g/mol. The van der Waals surface area contributed by atoms with Gasteiger partial charge in [-0.3, -0.25) is 14.2 Å². The second-order valence-corrected chi connectivity index (χ2v) is 6.80. The van der Waals surface area contributed by atoms with E-state index < -0.39 is 0 Å². The van der Waals surface area contributed by atoms with Gasteiger partial charge in [0.15, 0.2) is 0 Å². The summed E-state index contributed by atoms with van der Waals surface area (Å²) in [5, 5.41) is 0.664. The molecule has 2 aromatic heterocycles. The minimum Gasteiger partial charge on any atom is -0.341 e. The number of carbonyl (C=O) groups excluding carboxylic acids is 1. The summed E-state index contributed by atoms with van der Waals surface area (Å²) in [7, 11) is 0. The molecule has 21 heavy (non-hydrogen) atoms. The van der Waals surface area contributed by atoms with Crippen LogP contribution in [0.2, 0.25) is 0 Å². The molecule has 0 aromatic carbocycles. The average molecular weight is 305 g/mol. The van der Waals surface area contributed by atoms with Crippen LogP contribution in [0, 0.1) is 20.8 Å². The highest BCUT2D eigenvalue weighted by molar-refractivity contribution is 7.18. The first-order valence-corrected chi connectivity index (χ1v) is 8.05. The molecule has 5 nitrogen and oxygen atoms in total. The van der Waals surface area contributed by atoms with Crippen molar-refractivity contribution in [2.24, 2.45) is 0 Å². The van der Waals surface area contributed by atoms with Gasteiger partial charge in [-0.1, -0.05) is 0 Å². The van der Waals surface area contributed by atoms with E-state index in [9.17, 15) is 9.59 Å². The topological polar surface area (TPSA) is 55.2 Å². The van der Waals surface area contributed by atoms with Gasteiger partial charge >= 0.3 is 0 Å². The summed E-state index contributed by atoms with van der Waals surface area (Å²) in [5.74, 6) is 0.629. The van der Waals surface area contributed by atoms with Crippen molar-refractivity contribution in [3.05, 3.63) is 26.6 Å². The minimum atomic E-state index is -0.0908. The van der Waals surface area contributed by atoms with Crippen molar-refractivity contribution in [2.75, 3.05) is 13.1 Å². The Labute approximate surface area is 127 Å². The third kappa shape index (κ3) is 2.37. The van der Waals surface area contributed by atoms with Gasteiger partial charge in [0.2, 0.25) is 5.91 Å². The molecule has 0 radical (unpaired) electrons. The van der Waals surface area contributed by atoms with Crippen LogP contribution in [-0.2, 0) is 11.3 Å². The fourth-order valence-electron chi connectivity index (χ4n) is 2.82. The Kier molecular flexibility index (Phi) is 3.57. The van der Waals surface area contributed by atoms with Gasteiger partial charge in [0.25, 0.3) is 5.56 Å². The first-order valence-electron chi connectivity index (χ1n) is 7.24. The lowest BCUT2D eigenvalue weighted by Gasteiger charge is -2.17. The molecule has 3 heterocycles. The molecule has 0 N–H and O–H groups in total. The number of aryl methyl sites for hydroxylation is 3. The molecule has 2 aromatic rings. The minimum absolute atomic E-state index is 0.0171. The molecule has 0 atom stereocenters. The molecule has 1 aliphatic heterocycles. The van der Waals surface area contributed by atoms with Crippen molar-refractivity contribution >= 4 is 27.5 Å². The summed E-state index contributed by atoms with van der Waals surface area (Å²) >= 11 is 1.54. The van der Waals surface area contributed by atoms with E-state index in [1.807, 2.05) is 18.7 Å². The Bertz CT molecular complexity index is 769. The van der Waals surface area contributed by atoms with Crippen molar-refractivity contribution in [3.63, 3.8) is 0 Å². The van der Waals surface area contributed by atoms with Crippen LogP contribution in [0.1, 0.15) is 29.1 Å². The fourth-order valence-corrected chi connectivity index (χ4v) is 3.88. The average Bonchev–Trinajstić information content (AvgIpc) is 3.04. The van der Waals surface area contributed by atoms with Crippen LogP contribution in [0.3, 0.4) is 0 Å². The molecule has 0 saturated carbocycles. The van der Waals surface area contributed by atoms with E-state index in [4.69, 9.17) is 0 Å². The molecule has 0 bridgehead atoms. The Morgan fingerprint density at radius 1 is 1.24 bits per heavy atom. The maximum Gasteiger partial charge on any atom is 0.263 e. The van der Waals surface area contributed by atoms with E-state index in [2.05, 4.69) is 4.98 Å². The van der Waals surface area contributed by atoms with E-state index >= 15 is 0 Å². The normalized spacial score (nSPS) is 15.1. The number of nitrogens with zero attached hydrogens (tertiary/aromatic N) is 3. The summed E-state index contributed by atoms with van der Waals surface area (Å²) in [6.07, 6.45) is 2.11. The van der Waals surface area contributed by atoms with Gasteiger partial charge in [0.05, 0.1) is 5.39 Å². The molecule has 1 aliphatic rings. The van der Waals surface area contributed by atoms with Crippen LogP contribution in [0.15, 0.2) is 4.79 Å². The van der Waals surface area contributed by atoms with Gasteiger partial charge in [-0.2, -0.15) is 0 Å². The quantitative estimate of drug-likeness (QED) is 0.853. The van der Waals surface area contributed by atoms with Crippen molar-refractivity contribution in [3.8, 4) is 0 Å². The molecular formula is C15H19N3O2S. The van der Waals surface area contributed by atoms with Gasteiger partial charge in [0.1, 0.15) is 17.2 Å². The van der Waals surface area contributed by atoms with Crippen LogP contribution >= 0.6 is 11.3 Å². The molecular weight excluding hydrogens is 286 g/mol. The predicted octanol–water partition coefficient (Wildman–Crippen LogP) is 2.01. The van der Waals surface area contributed by atoms with Crippen LogP contribution < -0.4 is 5.56 Å². The lowest BCUT2D eigenvalue weighted by atomic mass is 10.2. The van der Waals surface area contributed by atoms with E-state index in [0.29, 0.717) is 11.2 Å². The van der Waals surface area contributed by atoms with E-state index in [-0.39, 0.29) is 18.0 Å².